The number of β-amino-alcohol motifs (C(OH)–C–C–N with tert-alkyl or cyclic N) is 1. The molecule has 2 aliphatic heterocycles. The van der Waals surface area contributed by atoms with Crippen LogP contribution in [0.2, 0.25) is 10.0 Å². The molecule has 46 heavy (non-hydrogen) atoms. The van der Waals surface area contributed by atoms with Gasteiger partial charge in [0.2, 0.25) is 15.9 Å². The SMILES string of the molecule is Cc1cc(C)c2cccc(OCc3c(Cl)ccc(S(=O)(=O)N4CC(O)CC4C(=O)N4CCN(C(=O)OC(C)(C)C)CC4)c3Cl)c2n1. The summed E-state index contributed by atoms with van der Waals surface area (Å²) in [6.45, 7) is 9.66. The summed E-state index contributed by atoms with van der Waals surface area (Å²) in [7, 11) is -4.36. The van der Waals surface area contributed by atoms with Gasteiger partial charge in [0.15, 0.2) is 0 Å². The maximum absolute atomic E-state index is 14.1. The van der Waals surface area contributed by atoms with E-state index in [0.717, 1.165) is 20.9 Å². The normalized spacial score (nSPS) is 19.5. The summed E-state index contributed by atoms with van der Waals surface area (Å²) in [6, 6.07) is 9.11. The molecule has 0 saturated carbocycles. The van der Waals surface area contributed by atoms with E-state index in [9.17, 15) is 23.1 Å². The van der Waals surface area contributed by atoms with Crippen LogP contribution >= 0.6 is 23.2 Å². The van der Waals surface area contributed by atoms with Gasteiger partial charge in [-0.05, 0) is 64.4 Å². The van der Waals surface area contributed by atoms with Crippen LogP contribution in [0.1, 0.15) is 44.0 Å². The molecule has 2 unspecified atom stereocenters. The van der Waals surface area contributed by atoms with Crippen molar-refractivity contribution >= 4 is 56.1 Å². The number of fused-ring (bicyclic) bond motifs is 1. The number of ether oxygens (including phenoxy) is 2. The maximum Gasteiger partial charge on any atom is 0.410 e. The molecular formula is C32H38Cl2N4O7S. The van der Waals surface area contributed by atoms with Crippen molar-refractivity contribution < 1.29 is 32.6 Å². The van der Waals surface area contributed by atoms with Gasteiger partial charge in [-0.1, -0.05) is 35.3 Å². The highest BCUT2D eigenvalue weighted by molar-refractivity contribution is 7.89. The predicted octanol–water partition coefficient (Wildman–Crippen LogP) is 4.94. The number of pyridine rings is 1. The van der Waals surface area contributed by atoms with Crippen LogP contribution in [0.3, 0.4) is 0 Å². The van der Waals surface area contributed by atoms with Crippen molar-refractivity contribution in [3.8, 4) is 5.75 Å². The van der Waals surface area contributed by atoms with E-state index in [1.54, 1.807) is 26.8 Å². The number of benzene rings is 2. The van der Waals surface area contributed by atoms with Crippen molar-refractivity contribution in [3.63, 3.8) is 0 Å². The second kappa shape index (κ2) is 13.2. The number of rotatable bonds is 6. The summed E-state index contributed by atoms with van der Waals surface area (Å²) < 4.78 is 40.6. The fourth-order valence-corrected chi connectivity index (χ4v) is 8.27. The molecule has 0 aliphatic carbocycles. The lowest BCUT2D eigenvalue weighted by Gasteiger charge is -2.37. The molecule has 3 aromatic rings. The smallest absolute Gasteiger partial charge is 0.410 e. The van der Waals surface area contributed by atoms with Crippen LogP contribution < -0.4 is 4.74 Å². The molecule has 11 nitrogen and oxygen atoms in total. The molecule has 0 spiro atoms. The number of amides is 2. The number of aliphatic hydroxyl groups is 1. The van der Waals surface area contributed by atoms with Gasteiger partial charge in [-0.2, -0.15) is 4.31 Å². The fraction of sp³-hybridized carbons (Fsp3) is 0.469. The molecule has 2 atom stereocenters. The molecule has 14 heteroatoms. The first kappa shape index (κ1) is 34.2. The first-order valence-electron chi connectivity index (χ1n) is 15.0. The van der Waals surface area contributed by atoms with Crippen LogP contribution in [-0.2, 0) is 26.2 Å². The Morgan fingerprint density at radius 2 is 1.72 bits per heavy atom. The van der Waals surface area contributed by atoms with Gasteiger partial charge in [0, 0.05) is 60.8 Å². The van der Waals surface area contributed by atoms with Crippen molar-refractivity contribution in [2.45, 2.75) is 70.3 Å². The van der Waals surface area contributed by atoms with Crippen LogP contribution in [-0.4, -0.2) is 95.1 Å². The van der Waals surface area contributed by atoms with Gasteiger partial charge in [-0.15, -0.1) is 0 Å². The van der Waals surface area contributed by atoms with E-state index >= 15 is 0 Å². The molecule has 0 bridgehead atoms. The molecule has 3 heterocycles. The summed E-state index contributed by atoms with van der Waals surface area (Å²) >= 11 is 13.2. The van der Waals surface area contributed by atoms with E-state index in [1.807, 2.05) is 32.0 Å². The number of aliphatic hydroxyl groups excluding tert-OH is 1. The number of hydrogen-bond donors (Lipinski definition) is 1. The third-order valence-electron chi connectivity index (χ3n) is 8.01. The molecular weight excluding hydrogens is 655 g/mol. The van der Waals surface area contributed by atoms with Crippen molar-refractivity contribution in [2.75, 3.05) is 32.7 Å². The van der Waals surface area contributed by atoms with E-state index in [4.69, 9.17) is 32.7 Å². The Hall–Kier alpha value is -3.16. The Balaban J connectivity index is 1.35. The molecule has 2 saturated heterocycles. The molecule has 1 N–H and O–H groups in total. The third-order valence-corrected chi connectivity index (χ3v) is 10.8. The van der Waals surface area contributed by atoms with Gasteiger partial charge < -0.3 is 24.4 Å². The first-order valence-corrected chi connectivity index (χ1v) is 17.2. The summed E-state index contributed by atoms with van der Waals surface area (Å²) in [5, 5.41) is 11.5. The molecule has 2 aromatic carbocycles. The monoisotopic (exact) mass is 692 g/mol. The molecule has 2 amide bonds. The first-order chi connectivity index (χ1) is 21.6. The molecule has 5 rings (SSSR count). The average Bonchev–Trinajstić information content (AvgIpc) is 3.38. The van der Waals surface area contributed by atoms with Gasteiger partial charge >= 0.3 is 6.09 Å². The van der Waals surface area contributed by atoms with Crippen LogP contribution in [0, 0.1) is 13.8 Å². The molecule has 248 valence electrons. The average molecular weight is 694 g/mol. The zero-order valence-corrected chi connectivity index (χ0v) is 28.7. The second-order valence-corrected chi connectivity index (χ2v) is 15.3. The molecule has 2 fully saturated rings. The Morgan fingerprint density at radius 3 is 2.39 bits per heavy atom. The lowest BCUT2D eigenvalue weighted by atomic mass is 10.1. The number of carbonyl (C=O) groups excluding carboxylic acids is 2. The van der Waals surface area contributed by atoms with Crippen molar-refractivity contribution in [1.82, 2.24) is 19.1 Å². The number of nitrogens with zero attached hydrogens (tertiary/aromatic N) is 4. The van der Waals surface area contributed by atoms with E-state index in [2.05, 4.69) is 4.98 Å². The number of sulfonamides is 1. The van der Waals surface area contributed by atoms with Crippen LogP contribution in [0.25, 0.3) is 10.9 Å². The van der Waals surface area contributed by atoms with Crippen LogP contribution in [0.15, 0.2) is 41.3 Å². The lowest BCUT2D eigenvalue weighted by molar-refractivity contribution is -0.136. The van der Waals surface area contributed by atoms with Crippen molar-refractivity contribution in [3.05, 3.63) is 63.3 Å². The number of piperazine rings is 1. The lowest BCUT2D eigenvalue weighted by Crippen LogP contribution is -2.55. The van der Waals surface area contributed by atoms with E-state index in [-0.39, 0.29) is 66.3 Å². The standard InChI is InChI=1S/C32H38Cl2N4O7S/c1-19-15-20(2)35-29-22(19)7-6-8-26(29)44-18-23-24(33)9-10-27(28(23)34)46(42,43)38-17-21(39)16-25(38)30(40)36-11-13-37(14-12-36)31(41)45-32(3,4)5/h6-10,15,21,25,39H,11-14,16-18H2,1-5H3. The van der Waals surface area contributed by atoms with Gasteiger partial charge in [-0.25, -0.2) is 18.2 Å². The predicted molar refractivity (Wildman–Crippen MR) is 175 cm³/mol. The summed E-state index contributed by atoms with van der Waals surface area (Å²) in [5.74, 6) is 0.0384. The van der Waals surface area contributed by atoms with Gasteiger partial charge in [0.1, 0.15) is 34.4 Å². The quantitative estimate of drug-likeness (QED) is 0.385. The largest absolute Gasteiger partial charge is 0.487 e. The number of halogens is 2. The summed E-state index contributed by atoms with van der Waals surface area (Å²) in [6.07, 6.45) is -1.59. The summed E-state index contributed by atoms with van der Waals surface area (Å²) in [4.78, 5) is 33.5. The topological polar surface area (TPSA) is 130 Å². The number of para-hydroxylation sites is 1. The third kappa shape index (κ3) is 7.06. The number of aromatic nitrogens is 1. The number of aryl methyl sites for hydroxylation is 2. The maximum atomic E-state index is 14.1. The van der Waals surface area contributed by atoms with E-state index in [1.165, 1.54) is 21.9 Å². The minimum absolute atomic E-state index is 0.0710. The van der Waals surface area contributed by atoms with Crippen LogP contribution in [0.4, 0.5) is 4.79 Å². The second-order valence-electron chi connectivity index (χ2n) is 12.6. The van der Waals surface area contributed by atoms with E-state index in [0.29, 0.717) is 11.3 Å². The molecule has 1 aromatic heterocycles. The molecule has 2 aliphatic rings. The zero-order chi connectivity index (χ0) is 33.6. The Morgan fingerprint density at radius 1 is 1.04 bits per heavy atom. The van der Waals surface area contributed by atoms with Crippen LogP contribution in [0.5, 0.6) is 5.75 Å². The zero-order valence-electron chi connectivity index (χ0n) is 26.4. The molecule has 0 radical (unpaired) electrons. The minimum atomic E-state index is -4.36. The Labute approximate surface area is 279 Å². The highest BCUT2D eigenvalue weighted by Gasteiger charge is 2.46. The Bertz CT molecular complexity index is 1770. The highest BCUT2D eigenvalue weighted by atomic mass is 35.5. The van der Waals surface area contributed by atoms with Gasteiger partial charge in [-0.3, -0.25) is 4.79 Å². The minimum Gasteiger partial charge on any atom is -0.487 e. The van der Waals surface area contributed by atoms with E-state index < -0.39 is 39.8 Å². The Kier molecular flexibility index (Phi) is 9.77. The van der Waals surface area contributed by atoms with Crippen molar-refractivity contribution in [1.29, 1.82) is 0 Å². The highest BCUT2D eigenvalue weighted by Crippen LogP contribution is 2.37. The fourth-order valence-electron chi connectivity index (χ4n) is 5.78. The van der Waals surface area contributed by atoms with Crippen molar-refractivity contribution in [2.24, 2.45) is 0 Å². The number of carbonyl (C=O) groups is 2. The number of hydrogen-bond acceptors (Lipinski definition) is 8. The van der Waals surface area contributed by atoms with Gasteiger partial charge in [0.05, 0.1) is 11.1 Å². The summed E-state index contributed by atoms with van der Waals surface area (Å²) in [5.41, 5.74) is 2.13. The van der Waals surface area contributed by atoms with Gasteiger partial charge in [0.25, 0.3) is 0 Å².